The van der Waals surface area contributed by atoms with Crippen molar-refractivity contribution in [3.05, 3.63) is 78.3 Å². The van der Waals surface area contributed by atoms with Gasteiger partial charge in [-0.2, -0.15) is 13.2 Å². The van der Waals surface area contributed by atoms with Crippen LogP contribution in [-0.4, -0.2) is 14.4 Å². The molecule has 158 valence electrons. The van der Waals surface area contributed by atoms with Gasteiger partial charge in [-0.15, -0.1) is 0 Å². The fraction of sp³-hybridized carbons (Fsp3) is 0.105. The standard InChI is InChI=1S/C19H16F3N3O4S/c20-19(21,22)13-4-1-5-14(10-13)24-18(26)25-15-6-2-8-17(11-15)30(27,28)23-12-16-7-3-9-29-16/h1-11,23H,12H2,(H2,24,25,26). The molecule has 30 heavy (non-hydrogen) atoms. The number of furan rings is 1. The van der Waals surface area contributed by atoms with E-state index in [0.717, 1.165) is 18.2 Å². The summed E-state index contributed by atoms with van der Waals surface area (Å²) in [4.78, 5) is 12.0. The Kier molecular flexibility index (Phi) is 6.13. The Balaban J connectivity index is 1.67. The first-order valence-corrected chi connectivity index (χ1v) is 9.99. The van der Waals surface area contributed by atoms with Gasteiger partial charge in [0.1, 0.15) is 5.76 Å². The van der Waals surface area contributed by atoms with Crippen molar-refractivity contribution < 1.29 is 30.8 Å². The van der Waals surface area contributed by atoms with Crippen molar-refractivity contribution >= 4 is 27.4 Å². The van der Waals surface area contributed by atoms with E-state index in [1.165, 1.54) is 36.6 Å². The van der Waals surface area contributed by atoms with E-state index >= 15 is 0 Å². The first-order chi connectivity index (χ1) is 14.1. The van der Waals surface area contributed by atoms with E-state index in [0.29, 0.717) is 5.76 Å². The minimum Gasteiger partial charge on any atom is -0.468 e. The molecule has 0 fully saturated rings. The zero-order valence-electron chi connectivity index (χ0n) is 15.2. The van der Waals surface area contributed by atoms with Crippen LogP contribution < -0.4 is 15.4 Å². The van der Waals surface area contributed by atoms with E-state index in [-0.39, 0.29) is 22.8 Å². The average Bonchev–Trinajstić information content (AvgIpc) is 3.20. The van der Waals surface area contributed by atoms with Gasteiger partial charge in [-0.1, -0.05) is 12.1 Å². The van der Waals surface area contributed by atoms with Crippen LogP contribution in [0.3, 0.4) is 0 Å². The van der Waals surface area contributed by atoms with Crippen LogP contribution >= 0.6 is 0 Å². The van der Waals surface area contributed by atoms with Gasteiger partial charge in [0.15, 0.2) is 0 Å². The highest BCUT2D eigenvalue weighted by molar-refractivity contribution is 7.89. The van der Waals surface area contributed by atoms with Gasteiger partial charge in [-0.05, 0) is 48.5 Å². The lowest BCUT2D eigenvalue weighted by atomic mass is 10.2. The molecule has 7 nitrogen and oxygen atoms in total. The molecule has 11 heteroatoms. The highest BCUT2D eigenvalue weighted by Gasteiger charge is 2.30. The Labute approximate surface area is 170 Å². The second-order valence-electron chi connectivity index (χ2n) is 6.09. The molecule has 0 unspecified atom stereocenters. The Hall–Kier alpha value is -3.31. The number of hydrogen-bond acceptors (Lipinski definition) is 4. The number of sulfonamides is 1. The van der Waals surface area contributed by atoms with E-state index < -0.39 is 27.8 Å². The van der Waals surface area contributed by atoms with Crippen LogP contribution in [0.5, 0.6) is 0 Å². The van der Waals surface area contributed by atoms with E-state index in [4.69, 9.17) is 4.42 Å². The summed E-state index contributed by atoms with van der Waals surface area (Å²) >= 11 is 0. The molecule has 3 aromatic rings. The lowest BCUT2D eigenvalue weighted by Gasteiger charge is -2.11. The molecule has 2 aromatic carbocycles. The number of carbonyl (C=O) groups excluding carboxylic acids is 1. The number of halogens is 3. The molecule has 0 aliphatic rings. The third-order valence-electron chi connectivity index (χ3n) is 3.87. The second kappa shape index (κ2) is 8.59. The third-order valence-corrected chi connectivity index (χ3v) is 5.27. The summed E-state index contributed by atoms with van der Waals surface area (Å²) in [5.41, 5.74) is -0.831. The zero-order valence-corrected chi connectivity index (χ0v) is 16.0. The lowest BCUT2D eigenvalue weighted by Crippen LogP contribution is -2.23. The fourth-order valence-corrected chi connectivity index (χ4v) is 3.51. The monoisotopic (exact) mass is 439 g/mol. The average molecular weight is 439 g/mol. The highest BCUT2D eigenvalue weighted by Crippen LogP contribution is 2.30. The number of alkyl halides is 3. The third kappa shape index (κ3) is 5.61. The summed E-state index contributed by atoms with van der Waals surface area (Å²) in [6.45, 7) is -0.0526. The van der Waals surface area contributed by atoms with Crippen LogP contribution in [0.15, 0.2) is 76.2 Å². The van der Waals surface area contributed by atoms with E-state index in [9.17, 15) is 26.4 Å². The van der Waals surface area contributed by atoms with Crippen LogP contribution in [-0.2, 0) is 22.7 Å². The SMILES string of the molecule is O=C(Nc1cccc(C(F)(F)F)c1)Nc1cccc(S(=O)(=O)NCc2ccco2)c1. The maximum atomic E-state index is 12.8. The molecule has 1 heterocycles. The molecule has 0 saturated carbocycles. The quantitative estimate of drug-likeness (QED) is 0.529. The molecule has 0 bridgehead atoms. The Morgan fingerprint density at radius 3 is 2.23 bits per heavy atom. The van der Waals surface area contributed by atoms with Crippen molar-refractivity contribution in [2.75, 3.05) is 10.6 Å². The predicted molar refractivity (Wildman–Crippen MR) is 103 cm³/mol. The van der Waals surface area contributed by atoms with Crippen LogP contribution in [0.2, 0.25) is 0 Å². The van der Waals surface area contributed by atoms with E-state index in [1.807, 2.05) is 0 Å². The van der Waals surface area contributed by atoms with Gasteiger partial charge in [-0.3, -0.25) is 0 Å². The molecular formula is C19H16F3N3O4S. The fourth-order valence-electron chi connectivity index (χ4n) is 2.47. The molecule has 3 rings (SSSR count). The Bertz CT molecular complexity index is 1130. The van der Waals surface area contributed by atoms with Gasteiger partial charge in [0.25, 0.3) is 0 Å². The zero-order chi connectivity index (χ0) is 21.8. The summed E-state index contributed by atoms with van der Waals surface area (Å²) in [6, 6.07) is 12.0. The van der Waals surface area contributed by atoms with Crippen molar-refractivity contribution in [1.82, 2.24) is 4.72 Å². The van der Waals surface area contributed by atoms with Crippen molar-refractivity contribution in [2.45, 2.75) is 17.6 Å². The van der Waals surface area contributed by atoms with Gasteiger partial charge >= 0.3 is 12.2 Å². The van der Waals surface area contributed by atoms with E-state index in [1.54, 1.807) is 12.1 Å². The van der Waals surface area contributed by atoms with Crippen molar-refractivity contribution in [2.24, 2.45) is 0 Å². The number of anilines is 2. The molecule has 0 radical (unpaired) electrons. The summed E-state index contributed by atoms with van der Waals surface area (Å²) in [6.07, 6.45) is -3.13. The topological polar surface area (TPSA) is 100 Å². The van der Waals surface area contributed by atoms with Gasteiger partial charge in [-0.25, -0.2) is 17.9 Å². The number of nitrogens with one attached hydrogen (secondary N) is 3. The molecular weight excluding hydrogens is 423 g/mol. The van der Waals surface area contributed by atoms with Crippen molar-refractivity contribution in [1.29, 1.82) is 0 Å². The van der Waals surface area contributed by atoms with Crippen molar-refractivity contribution in [3.8, 4) is 0 Å². The maximum Gasteiger partial charge on any atom is 0.416 e. The molecule has 0 aliphatic carbocycles. The molecule has 0 saturated heterocycles. The van der Waals surface area contributed by atoms with Gasteiger partial charge in [0, 0.05) is 11.4 Å². The smallest absolute Gasteiger partial charge is 0.416 e. The van der Waals surface area contributed by atoms with Gasteiger partial charge in [0.05, 0.1) is 23.3 Å². The number of benzene rings is 2. The van der Waals surface area contributed by atoms with Gasteiger partial charge < -0.3 is 15.1 Å². The largest absolute Gasteiger partial charge is 0.468 e. The number of rotatable bonds is 6. The predicted octanol–water partition coefficient (Wildman–Crippen LogP) is 4.42. The van der Waals surface area contributed by atoms with Crippen LogP contribution in [0.1, 0.15) is 11.3 Å². The lowest BCUT2D eigenvalue weighted by molar-refractivity contribution is -0.137. The first kappa shape index (κ1) is 21.4. The summed E-state index contributed by atoms with van der Waals surface area (Å²) < 4.78 is 70.5. The molecule has 0 spiro atoms. The highest BCUT2D eigenvalue weighted by atomic mass is 32.2. The molecule has 3 N–H and O–H groups in total. The number of hydrogen-bond donors (Lipinski definition) is 3. The van der Waals surface area contributed by atoms with Crippen LogP contribution in [0.25, 0.3) is 0 Å². The Morgan fingerprint density at radius 2 is 1.60 bits per heavy atom. The summed E-state index contributed by atoms with van der Waals surface area (Å²) in [5.74, 6) is 0.424. The minimum atomic E-state index is -4.54. The second-order valence-corrected chi connectivity index (χ2v) is 7.86. The van der Waals surface area contributed by atoms with Crippen LogP contribution in [0, 0.1) is 0 Å². The van der Waals surface area contributed by atoms with Gasteiger partial charge in [0.2, 0.25) is 10.0 Å². The summed E-state index contributed by atoms with van der Waals surface area (Å²) in [7, 11) is -3.88. The number of amides is 2. The maximum absolute atomic E-state index is 12.8. The number of urea groups is 1. The molecule has 0 aliphatic heterocycles. The minimum absolute atomic E-state index is 0.0526. The normalized spacial score (nSPS) is 11.8. The van der Waals surface area contributed by atoms with Crippen LogP contribution in [0.4, 0.5) is 29.3 Å². The molecule has 1 aromatic heterocycles. The molecule has 0 atom stereocenters. The first-order valence-electron chi connectivity index (χ1n) is 8.51. The Morgan fingerprint density at radius 1 is 0.933 bits per heavy atom. The van der Waals surface area contributed by atoms with E-state index in [2.05, 4.69) is 15.4 Å². The summed E-state index contributed by atoms with van der Waals surface area (Å²) in [5, 5.41) is 4.67. The van der Waals surface area contributed by atoms with Crippen molar-refractivity contribution in [3.63, 3.8) is 0 Å². The number of carbonyl (C=O) groups is 1. The molecule has 2 amide bonds.